The fourth-order valence-electron chi connectivity index (χ4n) is 3.43. The smallest absolute Gasteiger partial charge is 0.259 e. The van der Waals surface area contributed by atoms with Crippen LogP contribution in [0.2, 0.25) is 5.02 Å². The average Bonchev–Trinajstić information content (AvgIpc) is 3.35. The van der Waals surface area contributed by atoms with Crippen LogP contribution in [0.3, 0.4) is 0 Å². The second kappa shape index (κ2) is 10.1. The first-order valence-corrected chi connectivity index (χ1v) is 11.2. The lowest BCUT2D eigenvalue weighted by atomic mass is 10.1. The van der Waals surface area contributed by atoms with Crippen LogP contribution in [0.5, 0.6) is 5.75 Å². The minimum atomic E-state index is -0.453. The average molecular weight is 495 g/mol. The summed E-state index contributed by atoms with van der Waals surface area (Å²) in [6.07, 6.45) is 3.20. The Balaban J connectivity index is 1.68. The Kier molecular flexibility index (Phi) is 6.97. The zero-order chi connectivity index (χ0) is 25.1. The molecule has 0 aliphatic carbocycles. The van der Waals surface area contributed by atoms with Crippen molar-refractivity contribution in [3.05, 3.63) is 82.5 Å². The van der Waals surface area contributed by atoms with Gasteiger partial charge < -0.3 is 15.4 Å². The molecular formula is C25H24ClFN6O2. The van der Waals surface area contributed by atoms with E-state index in [0.717, 1.165) is 5.69 Å². The zero-order valence-corrected chi connectivity index (χ0v) is 20.4. The van der Waals surface area contributed by atoms with Gasteiger partial charge >= 0.3 is 0 Å². The normalized spacial score (nSPS) is 10.9. The minimum Gasteiger partial charge on any atom is -0.496 e. The molecule has 0 spiro atoms. The van der Waals surface area contributed by atoms with Gasteiger partial charge in [-0.1, -0.05) is 37.6 Å². The first kappa shape index (κ1) is 24.2. The van der Waals surface area contributed by atoms with Crippen LogP contribution in [0.15, 0.2) is 54.9 Å². The van der Waals surface area contributed by atoms with Crippen LogP contribution in [0.1, 0.15) is 41.4 Å². The van der Waals surface area contributed by atoms with Crippen LogP contribution >= 0.6 is 11.6 Å². The fraction of sp³-hybridized carbons (Fsp3) is 0.200. The van der Waals surface area contributed by atoms with Gasteiger partial charge in [0.15, 0.2) is 5.82 Å². The molecule has 0 atom stereocenters. The summed E-state index contributed by atoms with van der Waals surface area (Å²) in [7, 11) is 1.49. The highest BCUT2D eigenvalue weighted by molar-refractivity contribution is 6.32. The van der Waals surface area contributed by atoms with Gasteiger partial charge in [0.25, 0.3) is 5.91 Å². The highest BCUT2D eigenvalue weighted by Crippen LogP contribution is 2.32. The molecular weight excluding hydrogens is 471 g/mol. The van der Waals surface area contributed by atoms with Crippen molar-refractivity contribution in [2.45, 2.75) is 26.7 Å². The molecule has 0 fully saturated rings. The highest BCUT2D eigenvalue weighted by Gasteiger charge is 2.18. The summed E-state index contributed by atoms with van der Waals surface area (Å²) in [4.78, 5) is 21.7. The van der Waals surface area contributed by atoms with E-state index in [1.807, 2.05) is 19.9 Å². The van der Waals surface area contributed by atoms with Gasteiger partial charge in [-0.05, 0) is 43.2 Å². The molecule has 35 heavy (non-hydrogen) atoms. The lowest BCUT2D eigenvalue weighted by Crippen LogP contribution is -2.15. The number of carbonyl (C=O) groups is 1. The standard InChI is InChI=1S/C25H24ClFN6O2/c1-14(2)19-11-12-33(32-19)23-17(26)13-28-25(31-23)30-22-15(3)18(27)9-10-20(22)29-24(34)16-7-5-6-8-21(16)35-4/h5-14H,1-4H3,(H,29,34)(H,28,30,31). The molecule has 0 saturated heterocycles. The Bertz CT molecular complexity index is 1390. The van der Waals surface area contributed by atoms with E-state index in [1.54, 1.807) is 42.1 Å². The van der Waals surface area contributed by atoms with Crippen LogP contribution in [0.4, 0.5) is 21.7 Å². The number of nitrogens with one attached hydrogen (secondary N) is 2. The van der Waals surface area contributed by atoms with Crippen molar-refractivity contribution in [1.29, 1.82) is 0 Å². The number of rotatable bonds is 7. The molecule has 0 aliphatic heterocycles. The monoisotopic (exact) mass is 494 g/mol. The number of para-hydroxylation sites is 1. The molecule has 180 valence electrons. The number of amides is 1. The van der Waals surface area contributed by atoms with Crippen molar-refractivity contribution in [3.63, 3.8) is 0 Å². The molecule has 0 saturated carbocycles. The maximum atomic E-state index is 14.5. The minimum absolute atomic E-state index is 0.160. The van der Waals surface area contributed by atoms with Gasteiger partial charge in [0.05, 0.1) is 35.9 Å². The summed E-state index contributed by atoms with van der Waals surface area (Å²) in [6, 6.07) is 11.5. The molecule has 2 aromatic heterocycles. The summed E-state index contributed by atoms with van der Waals surface area (Å²) in [5.41, 5.74) is 2.17. The lowest BCUT2D eigenvalue weighted by molar-refractivity contribution is 0.102. The molecule has 8 nitrogen and oxygen atoms in total. The third-order valence-corrected chi connectivity index (χ3v) is 5.65. The molecule has 10 heteroatoms. The van der Waals surface area contributed by atoms with Gasteiger partial charge in [-0.2, -0.15) is 10.1 Å². The largest absolute Gasteiger partial charge is 0.496 e. The zero-order valence-electron chi connectivity index (χ0n) is 19.6. The number of aromatic nitrogens is 4. The molecule has 0 bridgehead atoms. The summed E-state index contributed by atoms with van der Waals surface area (Å²) >= 11 is 6.33. The first-order valence-electron chi connectivity index (χ1n) is 10.9. The number of hydrogen-bond donors (Lipinski definition) is 2. The van der Waals surface area contributed by atoms with E-state index in [4.69, 9.17) is 16.3 Å². The van der Waals surface area contributed by atoms with Crippen molar-refractivity contribution < 1.29 is 13.9 Å². The van der Waals surface area contributed by atoms with Crippen molar-refractivity contribution in [2.24, 2.45) is 0 Å². The van der Waals surface area contributed by atoms with Gasteiger partial charge in [-0.25, -0.2) is 14.1 Å². The molecule has 0 radical (unpaired) electrons. The van der Waals surface area contributed by atoms with Gasteiger partial charge in [0.1, 0.15) is 16.6 Å². The molecule has 4 aromatic rings. The van der Waals surface area contributed by atoms with E-state index < -0.39 is 11.7 Å². The number of nitrogens with zero attached hydrogens (tertiary/aromatic N) is 4. The van der Waals surface area contributed by atoms with E-state index in [-0.39, 0.29) is 17.4 Å². The second-order valence-electron chi connectivity index (χ2n) is 8.08. The van der Waals surface area contributed by atoms with Crippen molar-refractivity contribution in [3.8, 4) is 11.6 Å². The maximum absolute atomic E-state index is 14.5. The van der Waals surface area contributed by atoms with E-state index in [0.29, 0.717) is 33.5 Å². The summed E-state index contributed by atoms with van der Waals surface area (Å²) in [6.45, 7) is 5.67. The number of hydrogen-bond acceptors (Lipinski definition) is 6. The van der Waals surface area contributed by atoms with Crippen molar-refractivity contribution in [2.75, 3.05) is 17.7 Å². The Morgan fingerprint density at radius 2 is 1.94 bits per heavy atom. The first-order chi connectivity index (χ1) is 16.8. The number of carbonyl (C=O) groups excluding carboxylic acids is 1. The Morgan fingerprint density at radius 3 is 2.66 bits per heavy atom. The molecule has 0 unspecified atom stereocenters. The SMILES string of the molecule is COc1ccccc1C(=O)Nc1ccc(F)c(C)c1Nc1ncc(Cl)c(-n2ccc(C(C)C)n2)n1. The van der Waals surface area contributed by atoms with Gasteiger partial charge in [-0.15, -0.1) is 0 Å². The fourth-order valence-corrected chi connectivity index (χ4v) is 3.61. The van der Waals surface area contributed by atoms with E-state index in [1.165, 1.54) is 25.4 Å². The Hall–Kier alpha value is -3.98. The third kappa shape index (κ3) is 5.09. The van der Waals surface area contributed by atoms with Crippen LogP contribution in [-0.4, -0.2) is 32.8 Å². The molecule has 2 N–H and O–H groups in total. The molecule has 2 aromatic carbocycles. The Morgan fingerprint density at radius 1 is 1.17 bits per heavy atom. The molecule has 2 heterocycles. The lowest BCUT2D eigenvalue weighted by Gasteiger charge is -2.16. The van der Waals surface area contributed by atoms with Gasteiger partial charge in [0, 0.05) is 11.8 Å². The molecule has 0 aliphatic rings. The summed E-state index contributed by atoms with van der Waals surface area (Å²) in [5.74, 6) is 0.317. The van der Waals surface area contributed by atoms with Crippen molar-refractivity contribution in [1.82, 2.24) is 19.7 Å². The number of halogens is 2. The van der Waals surface area contributed by atoms with Crippen molar-refractivity contribution >= 4 is 34.8 Å². The topological polar surface area (TPSA) is 94.0 Å². The second-order valence-corrected chi connectivity index (χ2v) is 8.49. The Labute approximate surface area is 207 Å². The molecule has 4 rings (SSSR count). The van der Waals surface area contributed by atoms with E-state index in [9.17, 15) is 9.18 Å². The van der Waals surface area contributed by atoms with Gasteiger partial charge in [0.2, 0.25) is 5.95 Å². The number of methoxy groups -OCH3 is 1. The number of benzene rings is 2. The number of anilines is 3. The summed E-state index contributed by atoms with van der Waals surface area (Å²) in [5, 5.41) is 10.7. The predicted octanol–water partition coefficient (Wildman–Crippen LogP) is 5.89. The van der Waals surface area contributed by atoms with E-state index >= 15 is 0 Å². The highest BCUT2D eigenvalue weighted by atomic mass is 35.5. The van der Waals surface area contributed by atoms with Crippen LogP contribution in [-0.2, 0) is 0 Å². The third-order valence-electron chi connectivity index (χ3n) is 5.38. The predicted molar refractivity (Wildman–Crippen MR) is 134 cm³/mol. The van der Waals surface area contributed by atoms with Gasteiger partial charge in [-0.3, -0.25) is 4.79 Å². The molecule has 1 amide bonds. The maximum Gasteiger partial charge on any atom is 0.259 e. The van der Waals surface area contributed by atoms with Crippen LogP contribution < -0.4 is 15.4 Å². The summed E-state index contributed by atoms with van der Waals surface area (Å²) < 4.78 is 21.3. The quantitative estimate of drug-likeness (QED) is 0.332. The van der Waals surface area contributed by atoms with Crippen LogP contribution in [0.25, 0.3) is 5.82 Å². The van der Waals surface area contributed by atoms with Crippen LogP contribution in [0, 0.1) is 12.7 Å². The number of ether oxygens (including phenoxy) is 1. The van der Waals surface area contributed by atoms with E-state index in [2.05, 4.69) is 25.7 Å².